The topological polar surface area (TPSA) is 105 Å². The molecule has 0 saturated heterocycles. The van der Waals surface area contributed by atoms with Gasteiger partial charge in [-0.2, -0.15) is 0 Å². The molecule has 2 aromatic carbocycles. The van der Waals surface area contributed by atoms with Crippen LogP contribution in [-0.2, 0) is 4.79 Å². The molecule has 31 heavy (non-hydrogen) atoms. The van der Waals surface area contributed by atoms with Gasteiger partial charge in [-0.3, -0.25) is 4.79 Å². The van der Waals surface area contributed by atoms with Gasteiger partial charge in [-0.15, -0.1) is 5.10 Å². The minimum absolute atomic E-state index is 0.0107. The van der Waals surface area contributed by atoms with Gasteiger partial charge in [0.05, 0.1) is 17.6 Å². The summed E-state index contributed by atoms with van der Waals surface area (Å²) in [7, 11) is 0. The lowest BCUT2D eigenvalue weighted by Gasteiger charge is -2.11. The van der Waals surface area contributed by atoms with Crippen LogP contribution in [0.2, 0.25) is 0 Å². The van der Waals surface area contributed by atoms with Crippen molar-refractivity contribution in [3.63, 3.8) is 0 Å². The summed E-state index contributed by atoms with van der Waals surface area (Å²) in [5.41, 5.74) is 3.27. The Balaban J connectivity index is 1.49. The molecule has 3 heterocycles. The van der Waals surface area contributed by atoms with E-state index in [1.165, 1.54) is 12.1 Å². The average Bonchev–Trinajstić information content (AvgIpc) is 3.21. The van der Waals surface area contributed by atoms with Gasteiger partial charge in [-0.1, -0.05) is 53.6 Å². The van der Waals surface area contributed by atoms with E-state index >= 15 is 0 Å². The summed E-state index contributed by atoms with van der Waals surface area (Å²) >= 11 is 0. The molecular weight excluding hydrogens is 399 g/mol. The van der Waals surface area contributed by atoms with Crippen molar-refractivity contribution in [2.75, 3.05) is 10.6 Å². The highest BCUT2D eigenvalue weighted by Gasteiger charge is 2.27. The van der Waals surface area contributed by atoms with Crippen LogP contribution in [0, 0.1) is 5.82 Å². The van der Waals surface area contributed by atoms with E-state index in [0.717, 1.165) is 17.3 Å². The summed E-state index contributed by atoms with van der Waals surface area (Å²) in [5.74, 6) is -0.760. The Morgan fingerprint density at radius 1 is 0.968 bits per heavy atom. The first-order chi connectivity index (χ1) is 15.2. The second-order valence-corrected chi connectivity index (χ2v) is 6.70. The summed E-state index contributed by atoms with van der Waals surface area (Å²) < 4.78 is 18.6. The molecule has 0 bridgehead atoms. The largest absolute Gasteiger partial charge is 0.402 e. The summed E-state index contributed by atoms with van der Waals surface area (Å²) in [6.45, 7) is 0. The summed E-state index contributed by atoms with van der Waals surface area (Å²) in [6, 6.07) is 19.7. The van der Waals surface area contributed by atoms with E-state index in [0.29, 0.717) is 17.1 Å². The van der Waals surface area contributed by atoms with Gasteiger partial charge in [0, 0.05) is 11.1 Å². The van der Waals surface area contributed by atoms with E-state index in [1.807, 2.05) is 54.6 Å². The smallest absolute Gasteiger partial charge is 0.317 e. The number of rotatable bonds is 4. The number of amides is 1. The molecule has 1 unspecified atom stereocenters. The highest BCUT2D eigenvalue weighted by Crippen LogP contribution is 2.25. The van der Waals surface area contributed by atoms with E-state index < -0.39 is 12.0 Å². The quantitative estimate of drug-likeness (QED) is 0.530. The molecule has 5 rings (SSSR count). The fraction of sp³-hybridized carbons (Fsp3) is 0.0455. The number of aromatic nitrogens is 3. The van der Waals surface area contributed by atoms with Crippen LogP contribution in [0.15, 0.2) is 82.3 Å². The maximum absolute atomic E-state index is 13.1. The molecule has 1 aliphatic rings. The van der Waals surface area contributed by atoms with Crippen molar-refractivity contribution in [1.82, 2.24) is 15.2 Å². The zero-order valence-electron chi connectivity index (χ0n) is 16.0. The van der Waals surface area contributed by atoms with Gasteiger partial charge < -0.3 is 15.1 Å². The van der Waals surface area contributed by atoms with Crippen molar-refractivity contribution in [1.29, 1.82) is 0 Å². The number of carbonyl (C=O) groups excluding carboxylic acids is 1. The summed E-state index contributed by atoms with van der Waals surface area (Å²) in [6.07, 6.45) is 0.0380. The van der Waals surface area contributed by atoms with Crippen LogP contribution >= 0.6 is 0 Å². The minimum Gasteiger partial charge on any atom is -0.402 e. The molecule has 9 heteroatoms. The molecule has 1 amide bonds. The number of fused-ring (bicyclic) bond motifs is 1. The molecule has 2 N–H and O–H groups in total. The van der Waals surface area contributed by atoms with E-state index in [4.69, 9.17) is 4.42 Å². The number of nitrogens with zero attached hydrogens (tertiary/aromatic N) is 4. The third-order valence-electron chi connectivity index (χ3n) is 4.63. The lowest BCUT2D eigenvalue weighted by atomic mass is 10.0. The number of halogens is 1. The van der Waals surface area contributed by atoms with Crippen LogP contribution in [0.25, 0.3) is 11.6 Å². The van der Waals surface area contributed by atoms with E-state index in [9.17, 15) is 9.18 Å². The summed E-state index contributed by atoms with van der Waals surface area (Å²) in [4.78, 5) is 21.4. The highest BCUT2D eigenvalue weighted by molar-refractivity contribution is 6.19. The Hall–Kier alpha value is -4.40. The molecule has 8 nitrogen and oxygen atoms in total. The maximum atomic E-state index is 13.1. The van der Waals surface area contributed by atoms with Crippen LogP contribution in [0.3, 0.4) is 0 Å². The van der Waals surface area contributed by atoms with E-state index in [-0.39, 0.29) is 17.8 Å². The Morgan fingerprint density at radius 2 is 1.77 bits per heavy atom. The highest BCUT2D eigenvalue weighted by atomic mass is 19.1. The van der Waals surface area contributed by atoms with Gasteiger partial charge in [0.15, 0.2) is 0 Å². The molecule has 0 aliphatic carbocycles. The number of nitrogens with one attached hydrogen (secondary N) is 2. The third-order valence-corrected chi connectivity index (χ3v) is 4.63. The number of benzene rings is 2. The summed E-state index contributed by atoms with van der Waals surface area (Å²) in [5, 5.41) is 13.6. The van der Waals surface area contributed by atoms with Crippen LogP contribution in [0.5, 0.6) is 0 Å². The van der Waals surface area contributed by atoms with E-state index in [2.05, 4.69) is 30.8 Å². The third kappa shape index (κ3) is 3.76. The molecule has 0 saturated carbocycles. The normalized spacial score (nSPS) is 15.5. The zero-order valence-corrected chi connectivity index (χ0v) is 16.0. The first-order valence-electron chi connectivity index (χ1n) is 9.43. The molecule has 152 valence electrons. The first-order valence-corrected chi connectivity index (χ1v) is 9.43. The standard InChI is InChI=1S/C22H15FN6O2/c23-14-10-11-17(24-12-14)21-28-29-22(31-21)27-19-20(30)25-16-9-5-4-8-15(16)18(26-19)13-6-2-1-3-7-13/h1-12,19H,(H,25,30)(H,27,29). The average molecular weight is 414 g/mol. The van der Waals surface area contributed by atoms with Gasteiger partial charge >= 0.3 is 6.01 Å². The van der Waals surface area contributed by atoms with Crippen molar-refractivity contribution in [3.05, 3.63) is 89.9 Å². The Kier molecular flexibility index (Phi) is 4.68. The number of para-hydroxylation sites is 1. The van der Waals surface area contributed by atoms with Gasteiger partial charge in [0.2, 0.25) is 6.17 Å². The van der Waals surface area contributed by atoms with Gasteiger partial charge in [0.1, 0.15) is 11.5 Å². The first kappa shape index (κ1) is 18.6. The van der Waals surface area contributed by atoms with Gasteiger partial charge in [-0.05, 0) is 18.2 Å². The number of pyridine rings is 1. The Morgan fingerprint density at radius 3 is 2.58 bits per heavy atom. The molecular formula is C22H15FN6O2. The molecule has 0 radical (unpaired) electrons. The molecule has 2 aromatic heterocycles. The predicted molar refractivity (Wildman–Crippen MR) is 112 cm³/mol. The van der Waals surface area contributed by atoms with Gasteiger partial charge in [-0.25, -0.2) is 14.4 Å². The number of hydrogen-bond donors (Lipinski definition) is 2. The van der Waals surface area contributed by atoms with Gasteiger partial charge in [0.25, 0.3) is 11.8 Å². The van der Waals surface area contributed by atoms with Crippen molar-refractivity contribution < 1.29 is 13.6 Å². The van der Waals surface area contributed by atoms with Crippen LogP contribution in [0.1, 0.15) is 11.1 Å². The predicted octanol–water partition coefficient (Wildman–Crippen LogP) is 3.50. The van der Waals surface area contributed by atoms with Crippen molar-refractivity contribution in [3.8, 4) is 11.6 Å². The van der Waals surface area contributed by atoms with Crippen molar-refractivity contribution in [2.24, 2.45) is 4.99 Å². The van der Waals surface area contributed by atoms with Crippen molar-refractivity contribution in [2.45, 2.75) is 6.17 Å². The lowest BCUT2D eigenvalue weighted by Crippen LogP contribution is -2.32. The molecule has 1 atom stereocenters. The number of aliphatic imine (C=N–C) groups is 1. The number of benzodiazepines with no additional fused rings is 1. The Labute approximate surface area is 175 Å². The number of hydrogen-bond acceptors (Lipinski definition) is 7. The number of carbonyl (C=O) groups is 1. The van der Waals surface area contributed by atoms with Crippen molar-refractivity contribution >= 4 is 23.3 Å². The fourth-order valence-corrected chi connectivity index (χ4v) is 3.19. The molecule has 4 aromatic rings. The van der Waals surface area contributed by atoms with Crippen LogP contribution < -0.4 is 10.6 Å². The maximum Gasteiger partial charge on any atom is 0.317 e. The fourth-order valence-electron chi connectivity index (χ4n) is 3.19. The minimum atomic E-state index is -1.02. The van der Waals surface area contributed by atoms with E-state index in [1.54, 1.807) is 0 Å². The molecule has 0 fully saturated rings. The zero-order chi connectivity index (χ0) is 21.2. The van der Waals surface area contributed by atoms with Crippen LogP contribution in [0.4, 0.5) is 16.1 Å². The Bertz CT molecular complexity index is 1270. The molecule has 0 spiro atoms. The monoisotopic (exact) mass is 414 g/mol. The lowest BCUT2D eigenvalue weighted by molar-refractivity contribution is -0.116. The molecule has 1 aliphatic heterocycles. The second kappa shape index (κ2) is 7.79. The number of anilines is 2. The second-order valence-electron chi connectivity index (χ2n) is 6.70. The SMILES string of the molecule is O=C1Nc2ccccc2C(c2ccccc2)=NC1Nc1nnc(-c2ccc(F)cn2)o1. The van der Waals surface area contributed by atoms with Crippen LogP contribution in [-0.4, -0.2) is 33.0 Å².